The van der Waals surface area contributed by atoms with E-state index in [1.54, 1.807) is 6.33 Å². The minimum Gasteiger partial charge on any atom is -0.238 e. The fourth-order valence-corrected chi connectivity index (χ4v) is 3.04. The van der Waals surface area contributed by atoms with Gasteiger partial charge in [-0.3, -0.25) is 0 Å². The second-order valence-corrected chi connectivity index (χ2v) is 5.32. The van der Waals surface area contributed by atoms with Gasteiger partial charge in [-0.1, -0.05) is 55.8 Å². The molecule has 0 aliphatic heterocycles. The van der Waals surface area contributed by atoms with Crippen LogP contribution in [-0.4, -0.2) is 14.8 Å². The maximum absolute atomic E-state index is 13.4. The van der Waals surface area contributed by atoms with Crippen LogP contribution in [0.2, 0.25) is 0 Å². The molecule has 0 saturated heterocycles. The van der Waals surface area contributed by atoms with Crippen molar-refractivity contribution < 1.29 is 4.39 Å². The van der Waals surface area contributed by atoms with Crippen LogP contribution in [-0.2, 0) is 5.54 Å². The van der Waals surface area contributed by atoms with Gasteiger partial charge < -0.3 is 0 Å². The second kappa shape index (κ2) is 6.10. The van der Waals surface area contributed by atoms with Gasteiger partial charge in [0.05, 0.1) is 0 Å². The number of rotatable bonds is 5. The molecule has 2 aromatic carbocycles. The molecule has 1 heterocycles. The highest BCUT2D eigenvalue weighted by molar-refractivity contribution is 5.39. The standard InChI is InChI=1S/C18H18FN3/c1-2-12-18(22-14-20-13-21-22,15-6-4-3-5-7-15)16-8-10-17(19)11-9-16/h3-11,13-14H,2,12H2,1H3. The van der Waals surface area contributed by atoms with Crippen molar-refractivity contribution in [2.24, 2.45) is 0 Å². The Labute approximate surface area is 129 Å². The van der Waals surface area contributed by atoms with Gasteiger partial charge in [-0.05, 0) is 29.7 Å². The van der Waals surface area contributed by atoms with Crippen LogP contribution in [0.25, 0.3) is 0 Å². The van der Waals surface area contributed by atoms with Gasteiger partial charge >= 0.3 is 0 Å². The molecule has 0 radical (unpaired) electrons. The van der Waals surface area contributed by atoms with Gasteiger partial charge in [0.25, 0.3) is 0 Å². The number of nitrogens with zero attached hydrogens (tertiary/aromatic N) is 3. The Bertz CT molecular complexity index is 708. The summed E-state index contributed by atoms with van der Waals surface area (Å²) in [5.41, 5.74) is 1.65. The smallest absolute Gasteiger partial charge is 0.137 e. The summed E-state index contributed by atoms with van der Waals surface area (Å²) >= 11 is 0. The predicted molar refractivity (Wildman–Crippen MR) is 84.0 cm³/mol. The van der Waals surface area contributed by atoms with Crippen molar-refractivity contribution >= 4 is 0 Å². The highest BCUT2D eigenvalue weighted by atomic mass is 19.1. The normalized spacial score (nSPS) is 13.7. The van der Waals surface area contributed by atoms with E-state index in [1.807, 2.05) is 35.0 Å². The SMILES string of the molecule is CCCC(c1ccccc1)(c1ccc(F)cc1)n1cncn1. The molecule has 1 aromatic heterocycles. The Morgan fingerprint density at radius 2 is 1.68 bits per heavy atom. The molecule has 1 unspecified atom stereocenters. The van der Waals surface area contributed by atoms with Crippen molar-refractivity contribution in [2.45, 2.75) is 25.3 Å². The molecular weight excluding hydrogens is 277 g/mol. The number of halogens is 1. The molecule has 3 aromatic rings. The predicted octanol–water partition coefficient (Wildman–Crippen LogP) is 4.01. The fraction of sp³-hybridized carbons (Fsp3) is 0.222. The fourth-order valence-electron chi connectivity index (χ4n) is 3.04. The first-order valence-electron chi connectivity index (χ1n) is 7.44. The third kappa shape index (κ3) is 2.41. The molecule has 0 bridgehead atoms. The first kappa shape index (κ1) is 14.4. The molecule has 0 spiro atoms. The van der Waals surface area contributed by atoms with Crippen LogP contribution < -0.4 is 0 Å². The summed E-state index contributed by atoms with van der Waals surface area (Å²) in [7, 11) is 0. The minimum absolute atomic E-state index is 0.235. The van der Waals surface area contributed by atoms with Gasteiger partial charge in [0.1, 0.15) is 24.0 Å². The van der Waals surface area contributed by atoms with Crippen molar-refractivity contribution in [1.82, 2.24) is 14.8 Å². The van der Waals surface area contributed by atoms with E-state index in [-0.39, 0.29) is 5.82 Å². The van der Waals surface area contributed by atoms with Crippen LogP contribution in [0.4, 0.5) is 4.39 Å². The highest BCUT2D eigenvalue weighted by Crippen LogP contribution is 2.37. The van der Waals surface area contributed by atoms with Gasteiger partial charge in [0.2, 0.25) is 0 Å². The molecule has 0 aliphatic rings. The lowest BCUT2D eigenvalue weighted by molar-refractivity contribution is 0.355. The Morgan fingerprint density at radius 1 is 1.00 bits per heavy atom. The third-order valence-electron chi connectivity index (χ3n) is 3.99. The number of aromatic nitrogens is 3. The van der Waals surface area contributed by atoms with E-state index in [2.05, 4.69) is 29.1 Å². The van der Waals surface area contributed by atoms with Crippen LogP contribution in [0.5, 0.6) is 0 Å². The Kier molecular flexibility index (Phi) is 4.00. The zero-order valence-electron chi connectivity index (χ0n) is 12.5. The summed E-state index contributed by atoms with van der Waals surface area (Å²) in [4.78, 5) is 4.12. The van der Waals surface area contributed by atoms with Crippen molar-refractivity contribution in [1.29, 1.82) is 0 Å². The van der Waals surface area contributed by atoms with Crippen molar-refractivity contribution in [3.63, 3.8) is 0 Å². The maximum atomic E-state index is 13.4. The maximum Gasteiger partial charge on any atom is 0.137 e. The highest BCUT2D eigenvalue weighted by Gasteiger charge is 2.36. The minimum atomic E-state index is -0.472. The Morgan fingerprint density at radius 3 is 2.27 bits per heavy atom. The van der Waals surface area contributed by atoms with Crippen LogP contribution in [0.3, 0.4) is 0 Å². The zero-order chi connectivity index (χ0) is 15.4. The molecule has 112 valence electrons. The van der Waals surface area contributed by atoms with Gasteiger partial charge in [0, 0.05) is 0 Å². The molecule has 4 heteroatoms. The van der Waals surface area contributed by atoms with E-state index >= 15 is 0 Å². The van der Waals surface area contributed by atoms with Crippen molar-refractivity contribution in [3.05, 3.63) is 84.2 Å². The molecule has 1 atom stereocenters. The quantitative estimate of drug-likeness (QED) is 0.712. The van der Waals surface area contributed by atoms with E-state index in [0.29, 0.717) is 0 Å². The molecule has 3 nitrogen and oxygen atoms in total. The summed E-state index contributed by atoms with van der Waals surface area (Å²) in [6, 6.07) is 16.9. The first-order valence-corrected chi connectivity index (χ1v) is 7.44. The molecular formula is C18H18FN3. The second-order valence-electron chi connectivity index (χ2n) is 5.32. The number of hydrogen-bond donors (Lipinski definition) is 0. The van der Waals surface area contributed by atoms with Gasteiger partial charge in [-0.25, -0.2) is 14.1 Å². The molecule has 0 aliphatic carbocycles. The van der Waals surface area contributed by atoms with Crippen LogP contribution in [0.15, 0.2) is 67.3 Å². The number of benzene rings is 2. The molecule has 22 heavy (non-hydrogen) atoms. The summed E-state index contributed by atoms with van der Waals surface area (Å²) in [5, 5.41) is 4.39. The third-order valence-corrected chi connectivity index (χ3v) is 3.99. The van der Waals surface area contributed by atoms with E-state index in [4.69, 9.17) is 0 Å². The summed E-state index contributed by atoms with van der Waals surface area (Å²) in [6.45, 7) is 2.14. The van der Waals surface area contributed by atoms with E-state index in [9.17, 15) is 4.39 Å². The topological polar surface area (TPSA) is 30.7 Å². The van der Waals surface area contributed by atoms with Crippen LogP contribution in [0, 0.1) is 5.82 Å². The van der Waals surface area contributed by atoms with Crippen LogP contribution >= 0.6 is 0 Å². The Hall–Kier alpha value is -2.49. The average molecular weight is 295 g/mol. The monoisotopic (exact) mass is 295 g/mol. The van der Waals surface area contributed by atoms with E-state index in [1.165, 1.54) is 18.5 Å². The number of hydrogen-bond acceptors (Lipinski definition) is 2. The molecule has 0 fully saturated rings. The Balaban J connectivity index is 2.26. The average Bonchev–Trinajstić information content (AvgIpc) is 3.09. The largest absolute Gasteiger partial charge is 0.238 e. The van der Waals surface area contributed by atoms with Crippen molar-refractivity contribution in [2.75, 3.05) is 0 Å². The van der Waals surface area contributed by atoms with Gasteiger partial charge in [-0.2, -0.15) is 5.10 Å². The lowest BCUT2D eigenvalue weighted by Crippen LogP contribution is -2.36. The van der Waals surface area contributed by atoms with Crippen LogP contribution in [0.1, 0.15) is 30.9 Å². The van der Waals surface area contributed by atoms with Crippen molar-refractivity contribution in [3.8, 4) is 0 Å². The van der Waals surface area contributed by atoms with E-state index < -0.39 is 5.54 Å². The van der Waals surface area contributed by atoms with E-state index in [0.717, 1.165) is 24.0 Å². The summed E-state index contributed by atoms with van der Waals surface area (Å²) in [6.07, 6.45) is 5.08. The summed E-state index contributed by atoms with van der Waals surface area (Å²) < 4.78 is 15.2. The lowest BCUT2D eigenvalue weighted by atomic mass is 9.79. The lowest BCUT2D eigenvalue weighted by Gasteiger charge is -2.35. The zero-order valence-corrected chi connectivity index (χ0v) is 12.5. The first-order chi connectivity index (χ1) is 10.8. The molecule has 0 amide bonds. The van der Waals surface area contributed by atoms with Gasteiger partial charge in [-0.15, -0.1) is 0 Å². The van der Waals surface area contributed by atoms with Gasteiger partial charge in [0.15, 0.2) is 0 Å². The molecule has 0 saturated carbocycles. The summed E-state index contributed by atoms with van der Waals surface area (Å²) in [5.74, 6) is -0.235. The molecule has 3 rings (SSSR count). The molecule has 0 N–H and O–H groups in total.